The Hall–Kier alpha value is -0.920. The summed E-state index contributed by atoms with van der Waals surface area (Å²) in [5, 5.41) is 4.04. The highest BCUT2D eigenvalue weighted by Crippen LogP contribution is 2.15. The van der Waals surface area contributed by atoms with Crippen molar-refractivity contribution in [3.63, 3.8) is 0 Å². The van der Waals surface area contributed by atoms with Crippen LogP contribution in [0.3, 0.4) is 0 Å². The Morgan fingerprint density at radius 1 is 1.65 bits per heavy atom. The number of hydrogen-bond acceptors (Lipinski definition) is 4. The molecule has 0 radical (unpaired) electrons. The number of nitrogens with zero attached hydrogens (tertiary/aromatic N) is 2. The second-order valence-corrected chi connectivity index (χ2v) is 5.92. The predicted molar refractivity (Wildman–Crippen MR) is 61.9 cm³/mol. The maximum Gasteiger partial charge on any atom is 0.257 e. The lowest BCUT2D eigenvalue weighted by atomic mass is 10.1. The van der Waals surface area contributed by atoms with Crippen molar-refractivity contribution in [2.75, 3.05) is 19.8 Å². The molecule has 0 amide bonds. The molecule has 6 nitrogen and oxygen atoms in total. The molecular weight excluding hydrogens is 242 g/mol. The third-order valence-corrected chi connectivity index (χ3v) is 4.46. The Morgan fingerprint density at radius 3 is 3.06 bits per heavy atom. The Labute approximate surface area is 101 Å². The Kier molecular flexibility index (Phi) is 3.80. The summed E-state index contributed by atoms with van der Waals surface area (Å²) in [5.41, 5.74) is 0. The van der Waals surface area contributed by atoms with E-state index in [9.17, 15) is 8.42 Å². The van der Waals surface area contributed by atoms with Crippen molar-refractivity contribution in [2.24, 2.45) is 13.0 Å². The molecule has 1 aliphatic rings. The van der Waals surface area contributed by atoms with E-state index in [1.54, 1.807) is 7.05 Å². The minimum atomic E-state index is -3.43. The fourth-order valence-electron chi connectivity index (χ4n) is 1.91. The average Bonchev–Trinajstić information content (AvgIpc) is 2.88. The summed E-state index contributed by atoms with van der Waals surface area (Å²) < 4.78 is 32.9. The van der Waals surface area contributed by atoms with Crippen LogP contribution in [0.4, 0.5) is 0 Å². The van der Waals surface area contributed by atoms with E-state index in [4.69, 9.17) is 4.74 Å². The number of ether oxygens (including phenoxy) is 1. The summed E-state index contributed by atoms with van der Waals surface area (Å²) in [7, 11) is -1.82. The van der Waals surface area contributed by atoms with Gasteiger partial charge in [0.15, 0.2) is 5.03 Å². The van der Waals surface area contributed by atoms with Gasteiger partial charge < -0.3 is 4.74 Å². The van der Waals surface area contributed by atoms with Crippen LogP contribution >= 0.6 is 0 Å². The molecule has 0 saturated carbocycles. The summed E-state index contributed by atoms with van der Waals surface area (Å²) >= 11 is 0. The zero-order valence-corrected chi connectivity index (χ0v) is 10.6. The molecule has 1 unspecified atom stereocenters. The van der Waals surface area contributed by atoms with Gasteiger partial charge in [0.25, 0.3) is 10.0 Å². The zero-order valence-electron chi connectivity index (χ0n) is 9.80. The van der Waals surface area contributed by atoms with E-state index < -0.39 is 10.0 Å². The maximum atomic E-state index is 11.9. The van der Waals surface area contributed by atoms with Gasteiger partial charge in [-0.3, -0.25) is 4.68 Å². The van der Waals surface area contributed by atoms with Gasteiger partial charge in [-0.1, -0.05) is 0 Å². The first kappa shape index (κ1) is 12.5. The van der Waals surface area contributed by atoms with Crippen molar-refractivity contribution in [3.05, 3.63) is 12.3 Å². The number of sulfonamides is 1. The van der Waals surface area contributed by atoms with E-state index in [0.717, 1.165) is 26.1 Å². The Bertz CT molecular complexity index is 463. The fourth-order valence-corrected chi connectivity index (χ4v) is 3.08. The monoisotopic (exact) mass is 259 g/mol. The van der Waals surface area contributed by atoms with E-state index in [0.29, 0.717) is 12.5 Å². The van der Waals surface area contributed by atoms with Crippen molar-refractivity contribution >= 4 is 10.0 Å². The molecular formula is C10H17N3O3S. The standard InChI is InChI=1S/C10H17N3O3S/c1-13-10(3-5-11-13)17(14,15)12-6-2-9-4-7-16-8-9/h3,5,9,12H,2,4,6-8H2,1H3. The highest BCUT2D eigenvalue weighted by Gasteiger charge is 2.19. The van der Waals surface area contributed by atoms with Gasteiger partial charge in [-0.05, 0) is 24.8 Å². The topological polar surface area (TPSA) is 73.2 Å². The van der Waals surface area contributed by atoms with Crippen molar-refractivity contribution in [2.45, 2.75) is 17.9 Å². The van der Waals surface area contributed by atoms with Crippen molar-refractivity contribution < 1.29 is 13.2 Å². The largest absolute Gasteiger partial charge is 0.381 e. The van der Waals surface area contributed by atoms with Gasteiger partial charge in [0.05, 0.1) is 6.20 Å². The molecule has 1 aromatic rings. The molecule has 96 valence electrons. The quantitative estimate of drug-likeness (QED) is 0.815. The average molecular weight is 259 g/mol. The highest BCUT2D eigenvalue weighted by atomic mass is 32.2. The van der Waals surface area contributed by atoms with Gasteiger partial charge in [-0.25, -0.2) is 13.1 Å². The summed E-state index contributed by atoms with van der Waals surface area (Å²) in [6.07, 6.45) is 3.31. The van der Waals surface area contributed by atoms with Crippen LogP contribution in [0.5, 0.6) is 0 Å². The first-order valence-electron chi connectivity index (χ1n) is 5.65. The third-order valence-electron chi connectivity index (χ3n) is 2.92. The van der Waals surface area contributed by atoms with Crippen LogP contribution in [-0.4, -0.2) is 38.0 Å². The van der Waals surface area contributed by atoms with Crippen molar-refractivity contribution in [3.8, 4) is 0 Å². The lowest BCUT2D eigenvalue weighted by molar-refractivity contribution is 0.184. The second-order valence-electron chi connectivity index (χ2n) is 4.21. The molecule has 0 spiro atoms. The fraction of sp³-hybridized carbons (Fsp3) is 0.700. The minimum absolute atomic E-state index is 0.195. The lowest BCUT2D eigenvalue weighted by Crippen LogP contribution is -2.28. The van der Waals surface area contributed by atoms with E-state index >= 15 is 0 Å². The molecule has 7 heteroatoms. The van der Waals surface area contributed by atoms with Crippen LogP contribution in [0.15, 0.2) is 17.3 Å². The van der Waals surface area contributed by atoms with E-state index in [1.807, 2.05) is 0 Å². The van der Waals surface area contributed by atoms with Gasteiger partial charge in [0.2, 0.25) is 0 Å². The molecule has 0 bridgehead atoms. The second kappa shape index (κ2) is 5.16. The molecule has 1 fully saturated rings. The van der Waals surface area contributed by atoms with E-state index in [-0.39, 0.29) is 5.03 Å². The number of rotatable bonds is 5. The third kappa shape index (κ3) is 3.05. The smallest absolute Gasteiger partial charge is 0.257 e. The molecule has 0 aromatic carbocycles. The predicted octanol–water partition coefficient (Wildman–Crippen LogP) is 0.125. The summed E-state index contributed by atoms with van der Waals surface area (Å²) in [5.74, 6) is 0.476. The normalized spacial score (nSPS) is 20.9. The molecule has 1 N–H and O–H groups in total. The summed E-state index contributed by atoms with van der Waals surface area (Å²) in [6.45, 7) is 1.98. The summed E-state index contributed by atoms with van der Waals surface area (Å²) in [4.78, 5) is 0. The van der Waals surface area contributed by atoms with Gasteiger partial charge in [0, 0.05) is 26.8 Å². The van der Waals surface area contributed by atoms with Gasteiger partial charge in [-0.2, -0.15) is 5.10 Å². The number of aromatic nitrogens is 2. The van der Waals surface area contributed by atoms with Gasteiger partial charge >= 0.3 is 0 Å². The summed E-state index contributed by atoms with van der Waals surface area (Å²) in [6, 6.07) is 1.49. The maximum absolute atomic E-state index is 11.9. The lowest BCUT2D eigenvalue weighted by Gasteiger charge is -2.09. The van der Waals surface area contributed by atoms with Gasteiger partial charge in [0.1, 0.15) is 0 Å². The first-order valence-corrected chi connectivity index (χ1v) is 7.13. The molecule has 1 saturated heterocycles. The molecule has 1 atom stereocenters. The van der Waals surface area contributed by atoms with Crippen LogP contribution < -0.4 is 4.72 Å². The Morgan fingerprint density at radius 2 is 2.47 bits per heavy atom. The molecule has 17 heavy (non-hydrogen) atoms. The number of aryl methyl sites for hydroxylation is 1. The highest BCUT2D eigenvalue weighted by molar-refractivity contribution is 7.89. The molecule has 2 heterocycles. The van der Waals surface area contributed by atoms with Crippen molar-refractivity contribution in [1.29, 1.82) is 0 Å². The molecule has 1 aromatic heterocycles. The SMILES string of the molecule is Cn1nccc1S(=O)(=O)NCCC1CCOC1. The van der Waals surface area contributed by atoms with E-state index in [2.05, 4.69) is 9.82 Å². The van der Waals surface area contributed by atoms with Crippen LogP contribution in [0.2, 0.25) is 0 Å². The van der Waals surface area contributed by atoms with Crippen molar-refractivity contribution in [1.82, 2.24) is 14.5 Å². The molecule has 1 aliphatic heterocycles. The van der Waals surface area contributed by atoms with Crippen LogP contribution in [0, 0.1) is 5.92 Å². The number of hydrogen-bond donors (Lipinski definition) is 1. The van der Waals surface area contributed by atoms with Gasteiger partial charge in [-0.15, -0.1) is 0 Å². The molecule has 0 aliphatic carbocycles. The van der Waals surface area contributed by atoms with Crippen LogP contribution in [0.25, 0.3) is 0 Å². The molecule has 2 rings (SSSR count). The Balaban J connectivity index is 1.87. The van der Waals surface area contributed by atoms with Crippen LogP contribution in [-0.2, 0) is 21.8 Å². The minimum Gasteiger partial charge on any atom is -0.381 e. The van der Waals surface area contributed by atoms with E-state index in [1.165, 1.54) is 16.9 Å². The first-order chi connectivity index (χ1) is 8.09. The number of nitrogens with one attached hydrogen (secondary N) is 1. The van der Waals surface area contributed by atoms with Crippen LogP contribution in [0.1, 0.15) is 12.8 Å². The zero-order chi connectivity index (χ0) is 12.3.